The van der Waals surface area contributed by atoms with Crippen LogP contribution >= 0.6 is 0 Å². The second-order valence-electron chi connectivity index (χ2n) is 4.01. The van der Waals surface area contributed by atoms with Gasteiger partial charge in [0.2, 0.25) is 0 Å². The molecule has 0 spiro atoms. The van der Waals surface area contributed by atoms with Gasteiger partial charge >= 0.3 is 0 Å². The molecule has 0 saturated carbocycles. The van der Waals surface area contributed by atoms with Crippen LogP contribution in [0.1, 0.15) is 29.3 Å². The van der Waals surface area contributed by atoms with Gasteiger partial charge in [0.05, 0.1) is 0 Å². The molecule has 0 amide bonds. The summed E-state index contributed by atoms with van der Waals surface area (Å²) in [4.78, 5) is 8.40. The first-order valence-electron chi connectivity index (χ1n) is 5.63. The zero-order valence-corrected chi connectivity index (χ0v) is 9.77. The standard InChI is InChI=1S/C14H16N2/c1-3-14-13(9-15-10-16-14)8-12-6-4-11(2)5-7-12/h4-7,9-10H,3,8H2,1-2H3. The summed E-state index contributed by atoms with van der Waals surface area (Å²) in [6, 6.07) is 8.62. The second-order valence-corrected chi connectivity index (χ2v) is 4.01. The minimum atomic E-state index is 0.921. The van der Waals surface area contributed by atoms with Crippen molar-refractivity contribution in [1.29, 1.82) is 0 Å². The minimum Gasteiger partial charge on any atom is -0.245 e. The number of nitrogens with zero attached hydrogens (tertiary/aromatic N) is 2. The Labute approximate surface area is 96.4 Å². The molecule has 0 fully saturated rings. The number of rotatable bonds is 3. The number of benzene rings is 1. The molecule has 0 aliphatic carbocycles. The van der Waals surface area contributed by atoms with Crippen molar-refractivity contribution in [1.82, 2.24) is 9.97 Å². The van der Waals surface area contributed by atoms with Gasteiger partial charge in [-0.2, -0.15) is 0 Å². The highest BCUT2D eigenvalue weighted by atomic mass is 14.8. The Morgan fingerprint density at radius 3 is 2.56 bits per heavy atom. The zero-order valence-electron chi connectivity index (χ0n) is 9.77. The summed E-state index contributed by atoms with van der Waals surface area (Å²) in [5.74, 6) is 0. The van der Waals surface area contributed by atoms with Crippen LogP contribution in [0.5, 0.6) is 0 Å². The van der Waals surface area contributed by atoms with Crippen LogP contribution in [0.2, 0.25) is 0 Å². The van der Waals surface area contributed by atoms with Gasteiger partial charge in [-0.25, -0.2) is 9.97 Å². The molecule has 2 aromatic rings. The van der Waals surface area contributed by atoms with E-state index in [1.165, 1.54) is 16.7 Å². The molecule has 0 radical (unpaired) electrons. The first-order valence-corrected chi connectivity index (χ1v) is 5.63. The predicted molar refractivity (Wildman–Crippen MR) is 65.4 cm³/mol. The lowest BCUT2D eigenvalue weighted by Gasteiger charge is -2.06. The van der Waals surface area contributed by atoms with Crippen molar-refractivity contribution < 1.29 is 0 Å². The molecule has 2 heteroatoms. The number of aromatic nitrogens is 2. The summed E-state index contributed by atoms with van der Waals surface area (Å²) >= 11 is 0. The lowest BCUT2D eigenvalue weighted by atomic mass is 10.0. The lowest BCUT2D eigenvalue weighted by molar-refractivity contribution is 0.942. The van der Waals surface area contributed by atoms with Gasteiger partial charge in [-0.15, -0.1) is 0 Å². The second kappa shape index (κ2) is 4.88. The van der Waals surface area contributed by atoms with Crippen LogP contribution in [-0.4, -0.2) is 9.97 Å². The third kappa shape index (κ3) is 2.45. The summed E-state index contributed by atoms with van der Waals surface area (Å²) in [6.45, 7) is 4.23. The molecule has 1 aromatic carbocycles. The van der Waals surface area contributed by atoms with Crippen molar-refractivity contribution in [3.63, 3.8) is 0 Å². The Morgan fingerprint density at radius 2 is 1.88 bits per heavy atom. The Bertz CT molecular complexity index is 460. The molecule has 0 aliphatic rings. The minimum absolute atomic E-state index is 0.921. The summed E-state index contributed by atoms with van der Waals surface area (Å²) in [7, 11) is 0. The van der Waals surface area contributed by atoms with Gasteiger partial charge in [0.25, 0.3) is 0 Å². The van der Waals surface area contributed by atoms with Crippen LogP contribution in [0.3, 0.4) is 0 Å². The molecular weight excluding hydrogens is 196 g/mol. The molecule has 1 heterocycles. The molecule has 0 unspecified atom stereocenters. The fourth-order valence-electron chi connectivity index (χ4n) is 1.78. The Morgan fingerprint density at radius 1 is 1.12 bits per heavy atom. The van der Waals surface area contributed by atoms with Gasteiger partial charge in [-0.05, 0) is 24.5 Å². The van der Waals surface area contributed by atoms with E-state index in [-0.39, 0.29) is 0 Å². The third-order valence-corrected chi connectivity index (χ3v) is 2.73. The largest absolute Gasteiger partial charge is 0.245 e. The molecular formula is C14H16N2. The molecule has 0 saturated heterocycles. The maximum atomic E-state index is 4.30. The molecule has 2 nitrogen and oxygen atoms in total. The molecule has 0 N–H and O–H groups in total. The Kier molecular flexibility index (Phi) is 3.30. The van der Waals surface area contributed by atoms with E-state index in [1.54, 1.807) is 6.33 Å². The molecule has 82 valence electrons. The highest BCUT2D eigenvalue weighted by Crippen LogP contribution is 2.12. The highest BCUT2D eigenvalue weighted by Gasteiger charge is 2.02. The van der Waals surface area contributed by atoms with Gasteiger partial charge in [0.15, 0.2) is 0 Å². The Balaban J connectivity index is 2.23. The van der Waals surface area contributed by atoms with E-state index >= 15 is 0 Å². The number of aryl methyl sites for hydroxylation is 2. The normalized spacial score (nSPS) is 10.4. The van der Waals surface area contributed by atoms with Crippen LogP contribution in [0, 0.1) is 6.92 Å². The van der Waals surface area contributed by atoms with Gasteiger partial charge in [-0.3, -0.25) is 0 Å². The fraction of sp³-hybridized carbons (Fsp3) is 0.286. The van der Waals surface area contributed by atoms with Gasteiger partial charge in [0, 0.05) is 18.3 Å². The third-order valence-electron chi connectivity index (χ3n) is 2.73. The van der Waals surface area contributed by atoms with Crippen LogP contribution in [-0.2, 0) is 12.8 Å². The van der Waals surface area contributed by atoms with E-state index in [0.29, 0.717) is 0 Å². The number of hydrogen-bond donors (Lipinski definition) is 0. The van der Waals surface area contributed by atoms with Crippen molar-refractivity contribution in [3.8, 4) is 0 Å². The number of hydrogen-bond acceptors (Lipinski definition) is 2. The first kappa shape index (κ1) is 10.8. The quantitative estimate of drug-likeness (QED) is 0.781. The van der Waals surface area contributed by atoms with E-state index in [9.17, 15) is 0 Å². The van der Waals surface area contributed by atoms with E-state index in [4.69, 9.17) is 0 Å². The van der Waals surface area contributed by atoms with Gasteiger partial charge in [-0.1, -0.05) is 36.8 Å². The monoisotopic (exact) mass is 212 g/mol. The first-order chi connectivity index (χ1) is 7.79. The topological polar surface area (TPSA) is 25.8 Å². The Hall–Kier alpha value is -1.70. The van der Waals surface area contributed by atoms with E-state index in [0.717, 1.165) is 18.5 Å². The molecule has 0 bridgehead atoms. The summed E-state index contributed by atoms with van der Waals surface area (Å²) in [6.07, 6.45) is 5.43. The summed E-state index contributed by atoms with van der Waals surface area (Å²) in [5, 5.41) is 0. The summed E-state index contributed by atoms with van der Waals surface area (Å²) < 4.78 is 0. The van der Waals surface area contributed by atoms with Crippen molar-refractivity contribution in [2.24, 2.45) is 0 Å². The maximum Gasteiger partial charge on any atom is 0.115 e. The van der Waals surface area contributed by atoms with Crippen molar-refractivity contribution in [3.05, 3.63) is 59.2 Å². The van der Waals surface area contributed by atoms with Crippen LogP contribution in [0.25, 0.3) is 0 Å². The molecule has 0 aliphatic heterocycles. The molecule has 0 atom stereocenters. The van der Waals surface area contributed by atoms with E-state index < -0.39 is 0 Å². The van der Waals surface area contributed by atoms with Gasteiger partial charge < -0.3 is 0 Å². The average Bonchev–Trinajstić information content (AvgIpc) is 2.33. The molecule has 2 rings (SSSR count). The SMILES string of the molecule is CCc1ncncc1Cc1ccc(C)cc1. The predicted octanol–water partition coefficient (Wildman–Crippen LogP) is 2.94. The van der Waals surface area contributed by atoms with Crippen LogP contribution < -0.4 is 0 Å². The van der Waals surface area contributed by atoms with Crippen LogP contribution in [0.4, 0.5) is 0 Å². The molecule has 16 heavy (non-hydrogen) atoms. The van der Waals surface area contributed by atoms with Gasteiger partial charge in [0.1, 0.15) is 6.33 Å². The maximum absolute atomic E-state index is 4.30. The van der Waals surface area contributed by atoms with E-state index in [1.807, 2.05) is 6.20 Å². The highest BCUT2D eigenvalue weighted by molar-refractivity contribution is 5.28. The van der Waals surface area contributed by atoms with Crippen LogP contribution in [0.15, 0.2) is 36.8 Å². The smallest absolute Gasteiger partial charge is 0.115 e. The average molecular weight is 212 g/mol. The van der Waals surface area contributed by atoms with Crippen molar-refractivity contribution >= 4 is 0 Å². The van der Waals surface area contributed by atoms with E-state index in [2.05, 4.69) is 48.1 Å². The lowest BCUT2D eigenvalue weighted by Crippen LogP contribution is -1.98. The summed E-state index contributed by atoms with van der Waals surface area (Å²) in [5.41, 5.74) is 4.99. The zero-order chi connectivity index (χ0) is 11.4. The van der Waals surface area contributed by atoms with Crippen molar-refractivity contribution in [2.75, 3.05) is 0 Å². The molecule has 1 aromatic heterocycles. The van der Waals surface area contributed by atoms with Crippen molar-refractivity contribution in [2.45, 2.75) is 26.7 Å². The fourth-order valence-corrected chi connectivity index (χ4v) is 1.78.